The van der Waals surface area contributed by atoms with Crippen LogP contribution in [0, 0.1) is 0 Å². The van der Waals surface area contributed by atoms with E-state index in [1.54, 1.807) is 11.1 Å². The van der Waals surface area contributed by atoms with Gasteiger partial charge in [-0.1, -0.05) is 42.8 Å². The molecule has 2 aromatic rings. The van der Waals surface area contributed by atoms with Gasteiger partial charge in [0.2, 0.25) is 0 Å². The molecule has 0 unspecified atom stereocenters. The van der Waals surface area contributed by atoms with Gasteiger partial charge in [0.15, 0.2) is 0 Å². The summed E-state index contributed by atoms with van der Waals surface area (Å²) in [6, 6.07) is 7.58. The second kappa shape index (κ2) is 5.41. The molecule has 0 fully saturated rings. The van der Waals surface area contributed by atoms with Gasteiger partial charge < -0.3 is 4.90 Å². The number of carbonyl (C=O) groups is 1. The first-order valence-electron chi connectivity index (χ1n) is 6.70. The van der Waals surface area contributed by atoms with Crippen LogP contribution in [0.5, 0.6) is 0 Å². The summed E-state index contributed by atoms with van der Waals surface area (Å²) in [5, 5.41) is 2.08. The smallest absolute Gasteiger partial charge is 0.256 e. The normalized spacial score (nSPS) is 11.7. The molecule has 0 aliphatic heterocycles. The number of hydrogen-bond acceptors (Lipinski definition) is 2. The Hall–Kier alpha value is -1.61. The fourth-order valence-corrected chi connectivity index (χ4v) is 2.23. The molecule has 0 spiro atoms. The lowest BCUT2D eigenvalue weighted by atomic mass is 9.98. The molecule has 1 heterocycles. The Morgan fingerprint density at radius 1 is 1.30 bits per heavy atom. The van der Waals surface area contributed by atoms with Crippen LogP contribution < -0.4 is 0 Å². The standard InChI is InChI=1S/C16H19ClN2O/c1-5-16(2,3)19(4)15(20)13-10-18-14(17)12-9-7-6-8-11(12)13/h6-10H,5H2,1-4H3. The Morgan fingerprint density at radius 3 is 2.50 bits per heavy atom. The van der Waals surface area contributed by atoms with E-state index in [0.29, 0.717) is 10.7 Å². The third-order valence-electron chi connectivity index (χ3n) is 4.05. The van der Waals surface area contributed by atoms with Crippen molar-refractivity contribution < 1.29 is 4.79 Å². The van der Waals surface area contributed by atoms with Crippen molar-refractivity contribution in [1.82, 2.24) is 9.88 Å². The molecule has 106 valence electrons. The van der Waals surface area contributed by atoms with E-state index >= 15 is 0 Å². The van der Waals surface area contributed by atoms with Gasteiger partial charge in [-0.3, -0.25) is 4.79 Å². The fourth-order valence-electron chi connectivity index (χ4n) is 2.02. The minimum atomic E-state index is -0.197. The van der Waals surface area contributed by atoms with Gasteiger partial charge in [0.1, 0.15) is 5.15 Å². The van der Waals surface area contributed by atoms with Crippen LogP contribution in [-0.4, -0.2) is 28.4 Å². The summed E-state index contributed by atoms with van der Waals surface area (Å²) in [6.07, 6.45) is 2.45. The average Bonchev–Trinajstić information content (AvgIpc) is 2.46. The van der Waals surface area contributed by atoms with Crippen molar-refractivity contribution >= 4 is 28.3 Å². The third-order valence-corrected chi connectivity index (χ3v) is 4.36. The summed E-state index contributed by atoms with van der Waals surface area (Å²) in [4.78, 5) is 18.6. The van der Waals surface area contributed by atoms with E-state index < -0.39 is 0 Å². The zero-order chi connectivity index (χ0) is 14.9. The van der Waals surface area contributed by atoms with Gasteiger partial charge in [-0.05, 0) is 25.7 Å². The van der Waals surface area contributed by atoms with Crippen molar-refractivity contribution in [3.8, 4) is 0 Å². The highest BCUT2D eigenvalue weighted by molar-refractivity contribution is 6.34. The Balaban J connectivity index is 2.54. The van der Waals surface area contributed by atoms with Crippen LogP contribution in [0.25, 0.3) is 10.8 Å². The number of amides is 1. The summed E-state index contributed by atoms with van der Waals surface area (Å²) in [7, 11) is 1.83. The van der Waals surface area contributed by atoms with Crippen molar-refractivity contribution in [2.75, 3.05) is 7.05 Å². The second-order valence-corrected chi connectivity index (χ2v) is 5.90. The number of pyridine rings is 1. The Kier molecular flexibility index (Phi) is 4.00. The van der Waals surface area contributed by atoms with Gasteiger partial charge in [-0.25, -0.2) is 4.98 Å². The SMILES string of the molecule is CCC(C)(C)N(C)C(=O)c1cnc(Cl)c2ccccc12. The fraction of sp³-hybridized carbons (Fsp3) is 0.375. The van der Waals surface area contributed by atoms with Crippen molar-refractivity contribution in [2.45, 2.75) is 32.7 Å². The monoisotopic (exact) mass is 290 g/mol. The number of halogens is 1. The van der Waals surface area contributed by atoms with Crippen LogP contribution in [0.15, 0.2) is 30.5 Å². The molecule has 1 amide bonds. The molecule has 20 heavy (non-hydrogen) atoms. The van der Waals surface area contributed by atoms with Gasteiger partial charge in [-0.15, -0.1) is 0 Å². The minimum absolute atomic E-state index is 0.0304. The molecule has 1 aromatic heterocycles. The molecule has 1 aromatic carbocycles. The van der Waals surface area contributed by atoms with Crippen LogP contribution in [0.2, 0.25) is 5.15 Å². The lowest BCUT2D eigenvalue weighted by molar-refractivity contribution is 0.0622. The number of aromatic nitrogens is 1. The van der Waals surface area contributed by atoms with Crippen molar-refractivity contribution in [3.05, 3.63) is 41.2 Å². The first-order chi connectivity index (χ1) is 9.38. The Labute approximate surface area is 124 Å². The highest BCUT2D eigenvalue weighted by Crippen LogP contribution is 2.27. The number of fused-ring (bicyclic) bond motifs is 1. The van der Waals surface area contributed by atoms with E-state index in [4.69, 9.17) is 11.6 Å². The quantitative estimate of drug-likeness (QED) is 0.796. The van der Waals surface area contributed by atoms with Crippen LogP contribution in [0.1, 0.15) is 37.6 Å². The maximum Gasteiger partial charge on any atom is 0.256 e. The molecule has 0 saturated carbocycles. The van der Waals surface area contributed by atoms with Gasteiger partial charge in [0, 0.05) is 24.2 Å². The topological polar surface area (TPSA) is 33.2 Å². The summed E-state index contributed by atoms with van der Waals surface area (Å²) in [5.74, 6) is -0.0304. The summed E-state index contributed by atoms with van der Waals surface area (Å²) in [6.45, 7) is 6.18. The first-order valence-corrected chi connectivity index (χ1v) is 7.07. The highest BCUT2D eigenvalue weighted by Gasteiger charge is 2.27. The van der Waals surface area contributed by atoms with E-state index in [2.05, 4.69) is 25.8 Å². The Bertz CT molecular complexity index is 652. The van der Waals surface area contributed by atoms with Crippen LogP contribution in [0.3, 0.4) is 0 Å². The molecule has 0 N–H and O–H groups in total. The van der Waals surface area contributed by atoms with Crippen LogP contribution in [-0.2, 0) is 0 Å². The number of hydrogen-bond donors (Lipinski definition) is 0. The molecule has 0 radical (unpaired) electrons. The molecular weight excluding hydrogens is 272 g/mol. The molecule has 0 saturated heterocycles. The third kappa shape index (κ3) is 2.50. The van der Waals surface area contributed by atoms with E-state index in [0.717, 1.165) is 17.2 Å². The summed E-state index contributed by atoms with van der Waals surface area (Å²) >= 11 is 6.09. The number of rotatable bonds is 3. The van der Waals surface area contributed by atoms with Gasteiger partial charge in [0.25, 0.3) is 5.91 Å². The zero-order valence-corrected chi connectivity index (χ0v) is 13.0. The molecule has 0 aliphatic rings. The highest BCUT2D eigenvalue weighted by atomic mass is 35.5. The number of benzene rings is 1. The van der Waals surface area contributed by atoms with E-state index in [-0.39, 0.29) is 11.4 Å². The first kappa shape index (κ1) is 14.8. The van der Waals surface area contributed by atoms with E-state index in [9.17, 15) is 4.79 Å². The van der Waals surface area contributed by atoms with Crippen LogP contribution >= 0.6 is 11.6 Å². The van der Waals surface area contributed by atoms with Gasteiger partial charge in [0.05, 0.1) is 5.56 Å². The molecule has 0 aliphatic carbocycles. The maximum absolute atomic E-state index is 12.7. The minimum Gasteiger partial charge on any atom is -0.337 e. The molecular formula is C16H19ClN2O. The average molecular weight is 291 g/mol. The number of carbonyl (C=O) groups excluding carboxylic acids is 1. The summed E-state index contributed by atoms with van der Waals surface area (Å²) in [5.41, 5.74) is 0.395. The molecule has 3 nitrogen and oxygen atoms in total. The molecule has 0 bridgehead atoms. The van der Waals surface area contributed by atoms with E-state index in [1.807, 2.05) is 31.3 Å². The van der Waals surface area contributed by atoms with Crippen molar-refractivity contribution in [2.24, 2.45) is 0 Å². The number of nitrogens with zero attached hydrogens (tertiary/aromatic N) is 2. The zero-order valence-electron chi connectivity index (χ0n) is 12.3. The lowest BCUT2D eigenvalue weighted by Gasteiger charge is -2.35. The van der Waals surface area contributed by atoms with Crippen LogP contribution in [0.4, 0.5) is 0 Å². The largest absolute Gasteiger partial charge is 0.337 e. The predicted octanol–water partition coefficient (Wildman–Crippen LogP) is 4.15. The second-order valence-electron chi connectivity index (χ2n) is 5.54. The van der Waals surface area contributed by atoms with E-state index in [1.165, 1.54) is 0 Å². The van der Waals surface area contributed by atoms with Crippen molar-refractivity contribution in [3.63, 3.8) is 0 Å². The lowest BCUT2D eigenvalue weighted by Crippen LogP contribution is -2.44. The maximum atomic E-state index is 12.7. The molecule has 4 heteroatoms. The van der Waals surface area contributed by atoms with Gasteiger partial charge in [-0.2, -0.15) is 0 Å². The predicted molar refractivity (Wildman–Crippen MR) is 83.2 cm³/mol. The van der Waals surface area contributed by atoms with Crippen molar-refractivity contribution in [1.29, 1.82) is 0 Å². The molecule has 0 atom stereocenters. The molecule has 2 rings (SSSR count). The summed E-state index contributed by atoms with van der Waals surface area (Å²) < 4.78 is 0. The van der Waals surface area contributed by atoms with Gasteiger partial charge >= 0.3 is 0 Å². The Morgan fingerprint density at radius 2 is 1.90 bits per heavy atom.